The average molecular weight is 313 g/mol. The Labute approximate surface area is 123 Å². The molecule has 0 spiro atoms. The fourth-order valence-corrected chi connectivity index (χ4v) is 3.43. The van der Waals surface area contributed by atoms with Gasteiger partial charge in [0.15, 0.2) is 5.84 Å². The molecule has 0 bridgehead atoms. The van der Waals surface area contributed by atoms with Crippen LogP contribution < -0.4 is 10.5 Å². The second-order valence-corrected chi connectivity index (χ2v) is 6.77. The van der Waals surface area contributed by atoms with E-state index in [1.807, 2.05) is 0 Å². The van der Waals surface area contributed by atoms with Gasteiger partial charge in [-0.25, -0.2) is 13.1 Å². The van der Waals surface area contributed by atoms with E-state index in [4.69, 9.17) is 15.7 Å². The second kappa shape index (κ2) is 6.88. The zero-order valence-electron chi connectivity index (χ0n) is 11.5. The molecule has 1 aliphatic heterocycles. The van der Waals surface area contributed by atoms with Gasteiger partial charge in [-0.05, 0) is 24.5 Å². The molecule has 0 saturated carbocycles. The van der Waals surface area contributed by atoms with Crippen LogP contribution in [0.25, 0.3) is 0 Å². The van der Waals surface area contributed by atoms with Crippen LogP contribution >= 0.6 is 0 Å². The Morgan fingerprint density at radius 1 is 1.52 bits per heavy atom. The Bertz CT molecular complexity index is 610. The number of nitrogens with two attached hydrogens (primary N) is 1. The molecule has 1 aromatic rings. The summed E-state index contributed by atoms with van der Waals surface area (Å²) < 4.78 is 31.8. The van der Waals surface area contributed by atoms with Crippen molar-refractivity contribution in [3.05, 3.63) is 35.4 Å². The summed E-state index contributed by atoms with van der Waals surface area (Å²) in [6, 6.07) is 6.84. The molecule has 0 aromatic heterocycles. The van der Waals surface area contributed by atoms with Gasteiger partial charge >= 0.3 is 0 Å². The molecule has 1 aliphatic rings. The normalized spacial score (nSPS) is 19.8. The topological polar surface area (TPSA) is 114 Å². The zero-order valence-corrected chi connectivity index (χ0v) is 12.3. The van der Waals surface area contributed by atoms with E-state index in [0.29, 0.717) is 12.2 Å². The van der Waals surface area contributed by atoms with Crippen LogP contribution in [0, 0.1) is 0 Å². The third-order valence-electron chi connectivity index (χ3n) is 3.26. The Hall–Kier alpha value is -1.64. The van der Waals surface area contributed by atoms with E-state index in [2.05, 4.69) is 9.88 Å². The molecule has 0 radical (unpaired) electrons. The fraction of sp³-hybridized carbons (Fsp3) is 0.462. The summed E-state index contributed by atoms with van der Waals surface area (Å²) in [5, 5.41) is 11.6. The minimum Gasteiger partial charge on any atom is -0.409 e. The number of hydrogen-bond donors (Lipinski definition) is 3. The lowest BCUT2D eigenvalue weighted by atomic mass is 10.1. The SMILES string of the molecule is NC(=NO)c1cccc(CNS(=O)(=O)CC2CCCO2)c1. The van der Waals surface area contributed by atoms with Crippen molar-refractivity contribution in [3.63, 3.8) is 0 Å². The van der Waals surface area contributed by atoms with Gasteiger partial charge in [-0.3, -0.25) is 0 Å². The Kier molecular flexibility index (Phi) is 5.16. The highest BCUT2D eigenvalue weighted by Crippen LogP contribution is 2.14. The maximum atomic E-state index is 12.0. The molecule has 116 valence electrons. The molecule has 1 unspecified atom stereocenters. The van der Waals surface area contributed by atoms with Crippen LogP contribution in [-0.2, 0) is 21.3 Å². The van der Waals surface area contributed by atoms with E-state index in [1.54, 1.807) is 24.3 Å². The fourth-order valence-electron chi connectivity index (χ4n) is 2.17. The van der Waals surface area contributed by atoms with Gasteiger partial charge < -0.3 is 15.7 Å². The number of nitrogens with one attached hydrogen (secondary N) is 1. The smallest absolute Gasteiger partial charge is 0.214 e. The van der Waals surface area contributed by atoms with Crippen LogP contribution in [0.5, 0.6) is 0 Å². The lowest BCUT2D eigenvalue weighted by Gasteiger charge is -2.11. The van der Waals surface area contributed by atoms with Gasteiger partial charge in [-0.15, -0.1) is 0 Å². The Balaban J connectivity index is 1.95. The van der Waals surface area contributed by atoms with Crippen LogP contribution in [0.15, 0.2) is 29.4 Å². The molecule has 1 fully saturated rings. The van der Waals surface area contributed by atoms with Gasteiger partial charge in [0, 0.05) is 18.7 Å². The van der Waals surface area contributed by atoms with Crippen molar-refractivity contribution in [2.45, 2.75) is 25.5 Å². The van der Waals surface area contributed by atoms with Crippen molar-refractivity contribution in [1.29, 1.82) is 0 Å². The Morgan fingerprint density at radius 2 is 2.33 bits per heavy atom. The molecule has 1 atom stereocenters. The first-order valence-corrected chi connectivity index (χ1v) is 8.31. The minimum absolute atomic E-state index is 0.0148. The molecule has 1 heterocycles. The number of sulfonamides is 1. The molecule has 7 nitrogen and oxygen atoms in total. The molecular weight excluding hydrogens is 294 g/mol. The first kappa shape index (κ1) is 15.7. The van der Waals surface area contributed by atoms with E-state index < -0.39 is 10.0 Å². The number of amidine groups is 1. The van der Waals surface area contributed by atoms with Crippen molar-refractivity contribution < 1.29 is 18.4 Å². The number of oxime groups is 1. The van der Waals surface area contributed by atoms with Crippen LogP contribution in [0.4, 0.5) is 0 Å². The molecular formula is C13H19N3O4S. The van der Waals surface area contributed by atoms with Crippen molar-refractivity contribution in [2.24, 2.45) is 10.9 Å². The van der Waals surface area contributed by atoms with Crippen molar-refractivity contribution >= 4 is 15.9 Å². The molecule has 1 saturated heterocycles. The molecule has 4 N–H and O–H groups in total. The lowest BCUT2D eigenvalue weighted by molar-refractivity contribution is 0.127. The molecule has 0 aliphatic carbocycles. The number of rotatable bonds is 6. The van der Waals surface area contributed by atoms with Gasteiger partial charge in [0.1, 0.15) is 0 Å². The van der Waals surface area contributed by atoms with Crippen molar-refractivity contribution in [1.82, 2.24) is 4.72 Å². The van der Waals surface area contributed by atoms with E-state index in [9.17, 15) is 8.42 Å². The van der Waals surface area contributed by atoms with Gasteiger partial charge in [-0.1, -0.05) is 23.4 Å². The van der Waals surface area contributed by atoms with Crippen LogP contribution in [0.3, 0.4) is 0 Å². The van der Waals surface area contributed by atoms with Gasteiger partial charge in [-0.2, -0.15) is 0 Å². The summed E-state index contributed by atoms with van der Waals surface area (Å²) in [5.41, 5.74) is 6.77. The third kappa shape index (κ3) is 4.69. The van der Waals surface area contributed by atoms with E-state index in [-0.39, 0.29) is 24.2 Å². The van der Waals surface area contributed by atoms with Crippen LogP contribution in [0.1, 0.15) is 24.0 Å². The van der Waals surface area contributed by atoms with Crippen molar-refractivity contribution in [2.75, 3.05) is 12.4 Å². The summed E-state index contributed by atoms with van der Waals surface area (Å²) in [6.07, 6.45) is 1.47. The maximum absolute atomic E-state index is 12.0. The van der Waals surface area contributed by atoms with Gasteiger partial charge in [0.2, 0.25) is 10.0 Å². The standard InChI is InChI=1S/C13H19N3O4S/c14-13(16-17)11-4-1-3-10(7-11)8-15-21(18,19)9-12-5-2-6-20-12/h1,3-4,7,12,15,17H,2,5-6,8-9H2,(H2,14,16). The predicted octanol–water partition coefficient (Wildman–Crippen LogP) is 0.379. The zero-order chi connectivity index (χ0) is 15.3. The predicted molar refractivity (Wildman–Crippen MR) is 78.6 cm³/mol. The summed E-state index contributed by atoms with van der Waals surface area (Å²) in [5.74, 6) is -0.0357. The summed E-state index contributed by atoms with van der Waals surface area (Å²) in [6.45, 7) is 0.781. The molecule has 0 amide bonds. The van der Waals surface area contributed by atoms with E-state index >= 15 is 0 Å². The van der Waals surface area contributed by atoms with E-state index in [1.165, 1.54) is 0 Å². The summed E-state index contributed by atoms with van der Waals surface area (Å²) in [4.78, 5) is 0. The van der Waals surface area contributed by atoms with Crippen LogP contribution in [0.2, 0.25) is 0 Å². The molecule has 2 rings (SSSR count). The Morgan fingerprint density at radius 3 is 3.00 bits per heavy atom. The van der Waals surface area contributed by atoms with Gasteiger partial charge in [0.25, 0.3) is 0 Å². The monoisotopic (exact) mass is 313 g/mol. The maximum Gasteiger partial charge on any atom is 0.214 e. The number of benzene rings is 1. The summed E-state index contributed by atoms with van der Waals surface area (Å²) in [7, 11) is -3.39. The largest absolute Gasteiger partial charge is 0.409 e. The van der Waals surface area contributed by atoms with E-state index in [0.717, 1.165) is 18.4 Å². The molecule has 21 heavy (non-hydrogen) atoms. The lowest BCUT2D eigenvalue weighted by Crippen LogP contribution is -2.31. The quantitative estimate of drug-likeness (QED) is 0.304. The molecule has 8 heteroatoms. The third-order valence-corrected chi connectivity index (χ3v) is 4.65. The number of ether oxygens (including phenoxy) is 1. The summed E-state index contributed by atoms with van der Waals surface area (Å²) >= 11 is 0. The molecule has 1 aromatic carbocycles. The number of hydrogen-bond acceptors (Lipinski definition) is 5. The highest BCUT2D eigenvalue weighted by molar-refractivity contribution is 7.89. The van der Waals surface area contributed by atoms with Crippen LogP contribution in [-0.4, -0.2) is 37.9 Å². The van der Waals surface area contributed by atoms with Gasteiger partial charge in [0.05, 0.1) is 11.9 Å². The average Bonchev–Trinajstić information content (AvgIpc) is 2.97. The first-order valence-electron chi connectivity index (χ1n) is 6.66. The van der Waals surface area contributed by atoms with Crippen molar-refractivity contribution in [3.8, 4) is 0 Å². The highest BCUT2D eigenvalue weighted by Gasteiger charge is 2.22. The second-order valence-electron chi connectivity index (χ2n) is 4.92. The highest BCUT2D eigenvalue weighted by atomic mass is 32.2. The minimum atomic E-state index is -3.39. The first-order chi connectivity index (χ1) is 10.00. The number of nitrogens with zero attached hydrogens (tertiary/aromatic N) is 1.